The number of hydrogen-bond acceptors (Lipinski definition) is 2. The summed E-state index contributed by atoms with van der Waals surface area (Å²) in [5.41, 5.74) is 6.32. The molecule has 2 unspecified atom stereocenters. The van der Waals surface area contributed by atoms with E-state index < -0.39 is 0 Å². The van der Waals surface area contributed by atoms with E-state index in [1.54, 1.807) is 17.0 Å². The lowest BCUT2D eigenvalue weighted by molar-refractivity contribution is -0.127. The molecule has 1 aromatic carbocycles. The molecule has 0 aliphatic carbocycles. The molecule has 2 N–H and O–H groups in total. The molecule has 1 saturated heterocycles. The maximum Gasteiger partial charge on any atom is 0.246 e. The molecule has 114 valence electrons. The van der Waals surface area contributed by atoms with Gasteiger partial charge in [0.05, 0.1) is 0 Å². The first kappa shape index (κ1) is 16.2. The van der Waals surface area contributed by atoms with Crippen LogP contribution in [0.1, 0.15) is 25.3 Å². The fourth-order valence-corrected chi connectivity index (χ4v) is 2.93. The number of benzene rings is 1. The summed E-state index contributed by atoms with van der Waals surface area (Å²) in [7, 11) is 0. The highest BCUT2D eigenvalue weighted by molar-refractivity contribution is 9.10. The summed E-state index contributed by atoms with van der Waals surface area (Å²) < 4.78 is 14.4. The molecule has 2 rings (SSSR count). The van der Waals surface area contributed by atoms with Crippen LogP contribution in [-0.4, -0.2) is 29.9 Å². The van der Waals surface area contributed by atoms with Crippen LogP contribution < -0.4 is 5.73 Å². The van der Waals surface area contributed by atoms with Crippen LogP contribution in [0.4, 0.5) is 4.39 Å². The van der Waals surface area contributed by atoms with Gasteiger partial charge < -0.3 is 10.6 Å². The smallest absolute Gasteiger partial charge is 0.246 e. The van der Waals surface area contributed by atoms with E-state index in [4.69, 9.17) is 5.73 Å². The van der Waals surface area contributed by atoms with Gasteiger partial charge in [0.1, 0.15) is 5.82 Å². The van der Waals surface area contributed by atoms with Gasteiger partial charge in [-0.2, -0.15) is 0 Å². The lowest BCUT2D eigenvalue weighted by Gasteiger charge is -2.34. The summed E-state index contributed by atoms with van der Waals surface area (Å²) >= 11 is 3.29. The standard InChI is InChI=1S/C16H20BrFN2O/c1-11(19)13-3-2-8-20(10-13)16(21)7-4-12-9-14(17)5-6-15(12)18/h4-7,9,11,13H,2-3,8,10,19H2,1H3. The van der Waals surface area contributed by atoms with Crippen molar-refractivity contribution >= 4 is 27.9 Å². The zero-order valence-corrected chi connectivity index (χ0v) is 13.6. The topological polar surface area (TPSA) is 46.3 Å². The Morgan fingerprint density at radius 3 is 3.05 bits per heavy atom. The number of nitrogens with zero attached hydrogens (tertiary/aromatic N) is 1. The highest BCUT2D eigenvalue weighted by Gasteiger charge is 2.24. The fraction of sp³-hybridized carbons (Fsp3) is 0.438. The Hall–Kier alpha value is -1.20. The summed E-state index contributed by atoms with van der Waals surface area (Å²) in [4.78, 5) is 14.0. The third kappa shape index (κ3) is 4.38. The molecule has 1 heterocycles. The maximum atomic E-state index is 13.6. The molecule has 21 heavy (non-hydrogen) atoms. The van der Waals surface area contributed by atoms with Gasteiger partial charge in [-0.1, -0.05) is 15.9 Å². The van der Waals surface area contributed by atoms with E-state index in [9.17, 15) is 9.18 Å². The van der Waals surface area contributed by atoms with Crippen LogP contribution in [0.25, 0.3) is 6.08 Å². The second-order valence-corrected chi connectivity index (χ2v) is 6.46. The zero-order valence-electron chi connectivity index (χ0n) is 12.1. The first-order chi connectivity index (χ1) is 9.97. The highest BCUT2D eigenvalue weighted by Crippen LogP contribution is 2.20. The summed E-state index contributed by atoms with van der Waals surface area (Å²) in [5.74, 6) is -0.0761. The van der Waals surface area contributed by atoms with E-state index in [2.05, 4.69) is 15.9 Å². The van der Waals surface area contributed by atoms with Gasteiger partial charge in [0.2, 0.25) is 5.91 Å². The molecular weight excluding hydrogens is 335 g/mol. The third-order valence-electron chi connectivity index (χ3n) is 3.88. The van der Waals surface area contributed by atoms with Crippen LogP contribution in [0.15, 0.2) is 28.7 Å². The molecule has 1 aromatic rings. The van der Waals surface area contributed by atoms with Crippen molar-refractivity contribution in [3.8, 4) is 0 Å². The maximum absolute atomic E-state index is 13.6. The van der Waals surface area contributed by atoms with Gasteiger partial charge in [0, 0.05) is 35.2 Å². The van der Waals surface area contributed by atoms with Crippen LogP contribution in [0.2, 0.25) is 0 Å². The molecule has 0 spiro atoms. The average molecular weight is 355 g/mol. The molecule has 1 fully saturated rings. The number of likely N-dealkylation sites (tertiary alicyclic amines) is 1. The van der Waals surface area contributed by atoms with Crippen molar-refractivity contribution < 1.29 is 9.18 Å². The van der Waals surface area contributed by atoms with Crippen molar-refractivity contribution in [3.05, 3.63) is 40.1 Å². The number of rotatable bonds is 3. The van der Waals surface area contributed by atoms with Gasteiger partial charge >= 0.3 is 0 Å². The van der Waals surface area contributed by atoms with Crippen molar-refractivity contribution in [2.45, 2.75) is 25.8 Å². The summed E-state index contributed by atoms with van der Waals surface area (Å²) in [6.07, 6.45) is 4.99. The molecule has 0 bridgehead atoms. The Labute approximate surface area is 133 Å². The average Bonchev–Trinajstić information content (AvgIpc) is 2.48. The quantitative estimate of drug-likeness (QED) is 0.847. The zero-order chi connectivity index (χ0) is 15.4. The summed E-state index contributed by atoms with van der Waals surface area (Å²) in [6, 6.07) is 4.75. The summed E-state index contributed by atoms with van der Waals surface area (Å²) in [5, 5.41) is 0. The van der Waals surface area contributed by atoms with Gasteiger partial charge in [-0.15, -0.1) is 0 Å². The first-order valence-electron chi connectivity index (χ1n) is 7.15. The lowest BCUT2D eigenvalue weighted by atomic mass is 9.92. The number of carbonyl (C=O) groups excluding carboxylic acids is 1. The van der Waals surface area contributed by atoms with Gasteiger partial charge in [0.25, 0.3) is 0 Å². The van der Waals surface area contributed by atoms with Crippen molar-refractivity contribution in [1.82, 2.24) is 4.90 Å². The number of nitrogens with two attached hydrogens (primary N) is 1. The van der Waals surface area contributed by atoms with Gasteiger partial charge in [-0.3, -0.25) is 4.79 Å². The molecule has 0 radical (unpaired) electrons. The predicted molar refractivity (Wildman–Crippen MR) is 86.1 cm³/mol. The Morgan fingerprint density at radius 2 is 2.33 bits per heavy atom. The number of piperidine rings is 1. The highest BCUT2D eigenvalue weighted by atomic mass is 79.9. The van der Waals surface area contributed by atoms with E-state index in [1.807, 2.05) is 6.92 Å². The van der Waals surface area contributed by atoms with Crippen molar-refractivity contribution in [2.75, 3.05) is 13.1 Å². The van der Waals surface area contributed by atoms with E-state index in [0.717, 1.165) is 23.9 Å². The minimum atomic E-state index is -0.339. The minimum absolute atomic E-state index is 0.0836. The second kappa shape index (κ2) is 7.18. The van der Waals surface area contributed by atoms with Crippen molar-refractivity contribution in [3.63, 3.8) is 0 Å². The minimum Gasteiger partial charge on any atom is -0.339 e. The van der Waals surface area contributed by atoms with E-state index in [1.165, 1.54) is 18.2 Å². The Morgan fingerprint density at radius 1 is 1.57 bits per heavy atom. The van der Waals surface area contributed by atoms with Crippen molar-refractivity contribution in [2.24, 2.45) is 11.7 Å². The number of amides is 1. The first-order valence-corrected chi connectivity index (χ1v) is 7.94. The van der Waals surface area contributed by atoms with E-state index in [0.29, 0.717) is 18.0 Å². The summed E-state index contributed by atoms with van der Waals surface area (Å²) in [6.45, 7) is 3.40. The Bertz CT molecular complexity index is 545. The normalized spacial score (nSPS) is 20.8. The molecule has 1 aliphatic rings. The van der Waals surface area contributed by atoms with Crippen LogP contribution in [0.5, 0.6) is 0 Å². The number of hydrogen-bond donors (Lipinski definition) is 1. The molecule has 3 nitrogen and oxygen atoms in total. The van der Waals surface area contributed by atoms with Crippen LogP contribution >= 0.6 is 15.9 Å². The largest absolute Gasteiger partial charge is 0.339 e. The molecule has 0 aromatic heterocycles. The predicted octanol–water partition coefficient (Wildman–Crippen LogP) is 3.19. The monoisotopic (exact) mass is 354 g/mol. The molecular formula is C16H20BrFN2O. The van der Waals surface area contributed by atoms with Crippen molar-refractivity contribution in [1.29, 1.82) is 0 Å². The molecule has 0 saturated carbocycles. The Balaban J connectivity index is 2.03. The lowest BCUT2D eigenvalue weighted by Crippen LogP contribution is -2.44. The van der Waals surface area contributed by atoms with Gasteiger partial charge in [-0.05, 0) is 50.0 Å². The van der Waals surface area contributed by atoms with Gasteiger partial charge in [-0.25, -0.2) is 4.39 Å². The van der Waals surface area contributed by atoms with E-state index >= 15 is 0 Å². The van der Waals surface area contributed by atoms with Gasteiger partial charge in [0.15, 0.2) is 0 Å². The van der Waals surface area contributed by atoms with E-state index in [-0.39, 0.29) is 17.8 Å². The SMILES string of the molecule is CC(N)C1CCCN(C(=O)C=Cc2cc(Br)ccc2F)C1. The van der Waals surface area contributed by atoms with Crippen LogP contribution in [-0.2, 0) is 4.79 Å². The number of halogens is 2. The van der Waals surface area contributed by atoms with Crippen LogP contribution in [0, 0.1) is 11.7 Å². The fourth-order valence-electron chi connectivity index (χ4n) is 2.55. The third-order valence-corrected chi connectivity index (χ3v) is 4.37. The molecule has 1 aliphatic heterocycles. The second-order valence-electron chi connectivity index (χ2n) is 5.54. The molecule has 5 heteroatoms. The molecule has 2 atom stereocenters. The Kier molecular flexibility index (Phi) is 5.53. The number of carbonyl (C=O) groups is 1. The van der Waals surface area contributed by atoms with Crippen LogP contribution in [0.3, 0.4) is 0 Å². The molecule has 1 amide bonds.